The molecule has 2 aromatic rings. The third-order valence-electron chi connectivity index (χ3n) is 3.99. The standard InChI is InChI=1S/C19H22FIN4O5/c1-10-8-13(17(26)24-30-7-6-29-19(28)11(2)22)16(25(3)18(10)27)23-15-5-4-12(21)9-14(15)20/h4-5,8-9,11,23H,6-7,22H2,1-3H3,(H,24,26)/t11-/m0/s1. The van der Waals surface area contributed by atoms with Crippen molar-refractivity contribution >= 4 is 46.0 Å². The van der Waals surface area contributed by atoms with Crippen LogP contribution in [0.4, 0.5) is 15.9 Å². The van der Waals surface area contributed by atoms with E-state index in [4.69, 9.17) is 15.3 Å². The maximum atomic E-state index is 14.3. The third-order valence-corrected chi connectivity index (χ3v) is 4.66. The molecule has 0 unspecified atom stereocenters. The quantitative estimate of drug-likeness (QED) is 0.205. The van der Waals surface area contributed by atoms with Crippen molar-refractivity contribution in [3.05, 3.63) is 55.1 Å². The second kappa shape index (κ2) is 10.5. The molecular weight excluding hydrogens is 510 g/mol. The Hall–Kier alpha value is -2.51. The molecule has 2 rings (SSSR count). The predicted molar refractivity (Wildman–Crippen MR) is 117 cm³/mol. The van der Waals surface area contributed by atoms with Gasteiger partial charge in [0.15, 0.2) is 0 Å². The van der Waals surface area contributed by atoms with Crippen LogP contribution in [0.5, 0.6) is 0 Å². The zero-order valence-electron chi connectivity index (χ0n) is 16.6. The minimum atomic E-state index is -0.761. The zero-order chi connectivity index (χ0) is 22.4. The van der Waals surface area contributed by atoms with E-state index < -0.39 is 23.7 Å². The Balaban J connectivity index is 2.17. The number of hydrogen-bond acceptors (Lipinski definition) is 7. The predicted octanol–water partition coefficient (Wildman–Crippen LogP) is 1.73. The van der Waals surface area contributed by atoms with Crippen LogP contribution in [-0.4, -0.2) is 35.7 Å². The van der Waals surface area contributed by atoms with Crippen LogP contribution < -0.4 is 22.1 Å². The fraction of sp³-hybridized carbons (Fsp3) is 0.316. The topological polar surface area (TPSA) is 125 Å². The van der Waals surface area contributed by atoms with Gasteiger partial charge in [-0.2, -0.15) is 0 Å². The van der Waals surface area contributed by atoms with E-state index in [0.717, 1.165) is 0 Å². The second-order valence-electron chi connectivity index (χ2n) is 6.44. The Bertz CT molecular complexity index is 1010. The van der Waals surface area contributed by atoms with Crippen molar-refractivity contribution in [2.24, 2.45) is 12.8 Å². The number of carbonyl (C=O) groups is 2. The van der Waals surface area contributed by atoms with E-state index in [0.29, 0.717) is 9.13 Å². The Morgan fingerprint density at radius 2 is 2.00 bits per heavy atom. The van der Waals surface area contributed by atoms with Crippen LogP contribution in [0.1, 0.15) is 22.8 Å². The zero-order valence-corrected chi connectivity index (χ0v) is 18.8. The molecule has 9 nitrogen and oxygen atoms in total. The highest BCUT2D eigenvalue weighted by Gasteiger charge is 2.19. The molecule has 11 heteroatoms. The lowest BCUT2D eigenvalue weighted by Gasteiger charge is -2.17. The summed E-state index contributed by atoms with van der Waals surface area (Å²) in [5.41, 5.74) is 7.73. The molecule has 0 aliphatic carbocycles. The average Bonchev–Trinajstić information content (AvgIpc) is 2.69. The normalized spacial score (nSPS) is 11.7. The van der Waals surface area contributed by atoms with Gasteiger partial charge in [0, 0.05) is 16.2 Å². The molecular formula is C19H22FIN4O5. The van der Waals surface area contributed by atoms with Gasteiger partial charge in [0.25, 0.3) is 11.5 Å². The highest BCUT2D eigenvalue weighted by Crippen LogP contribution is 2.24. The first kappa shape index (κ1) is 23.8. The van der Waals surface area contributed by atoms with Crippen molar-refractivity contribution in [2.45, 2.75) is 19.9 Å². The number of carbonyl (C=O) groups excluding carboxylic acids is 2. The highest BCUT2D eigenvalue weighted by molar-refractivity contribution is 14.1. The molecule has 0 bridgehead atoms. The molecule has 0 aliphatic heterocycles. The van der Waals surface area contributed by atoms with Crippen LogP contribution in [0.2, 0.25) is 0 Å². The van der Waals surface area contributed by atoms with Crippen LogP contribution in [-0.2, 0) is 21.4 Å². The summed E-state index contributed by atoms with van der Waals surface area (Å²) in [7, 11) is 1.47. The number of nitrogens with zero attached hydrogens (tertiary/aromatic N) is 1. The summed E-state index contributed by atoms with van der Waals surface area (Å²) < 4.78 is 21.0. The van der Waals surface area contributed by atoms with E-state index in [1.54, 1.807) is 13.0 Å². The van der Waals surface area contributed by atoms with Gasteiger partial charge in [0.2, 0.25) is 0 Å². The van der Waals surface area contributed by atoms with E-state index >= 15 is 0 Å². The number of aryl methyl sites for hydroxylation is 1. The maximum Gasteiger partial charge on any atom is 0.322 e. The van der Waals surface area contributed by atoms with Crippen molar-refractivity contribution in [3.63, 3.8) is 0 Å². The number of hydroxylamine groups is 1. The molecule has 1 aromatic heterocycles. The minimum absolute atomic E-state index is 0.0696. The molecule has 4 N–H and O–H groups in total. The van der Waals surface area contributed by atoms with E-state index in [-0.39, 0.29) is 35.8 Å². The van der Waals surface area contributed by atoms with Gasteiger partial charge in [-0.25, -0.2) is 9.87 Å². The molecule has 1 heterocycles. The van der Waals surface area contributed by atoms with Crippen molar-refractivity contribution < 1.29 is 23.6 Å². The number of aromatic nitrogens is 1. The fourth-order valence-electron chi connectivity index (χ4n) is 2.42. The maximum absolute atomic E-state index is 14.3. The van der Waals surface area contributed by atoms with Crippen LogP contribution in [0, 0.1) is 16.3 Å². The van der Waals surface area contributed by atoms with Crippen molar-refractivity contribution in [3.8, 4) is 0 Å². The molecule has 0 spiro atoms. The first-order valence-electron chi connectivity index (χ1n) is 8.89. The number of esters is 1. The summed E-state index contributed by atoms with van der Waals surface area (Å²) in [4.78, 5) is 41.2. The molecule has 1 aromatic carbocycles. The first-order valence-corrected chi connectivity index (χ1v) is 9.96. The van der Waals surface area contributed by atoms with Crippen LogP contribution in [0.3, 0.4) is 0 Å². The summed E-state index contributed by atoms with van der Waals surface area (Å²) in [6.07, 6.45) is 0. The highest BCUT2D eigenvalue weighted by atomic mass is 127. The van der Waals surface area contributed by atoms with Gasteiger partial charge in [0.1, 0.15) is 30.9 Å². The smallest absolute Gasteiger partial charge is 0.322 e. The SMILES string of the molecule is Cc1cc(C(=O)NOCCOC(=O)[C@H](C)N)c(Nc2ccc(I)cc2F)n(C)c1=O. The van der Waals surface area contributed by atoms with Crippen LogP contribution in [0.25, 0.3) is 0 Å². The molecule has 0 radical (unpaired) electrons. The molecule has 162 valence electrons. The lowest BCUT2D eigenvalue weighted by atomic mass is 10.1. The second-order valence-corrected chi connectivity index (χ2v) is 7.68. The van der Waals surface area contributed by atoms with Gasteiger partial charge >= 0.3 is 5.97 Å². The van der Waals surface area contributed by atoms with Gasteiger partial charge in [-0.05, 0) is 60.7 Å². The number of pyridine rings is 1. The molecule has 1 amide bonds. The lowest BCUT2D eigenvalue weighted by Crippen LogP contribution is -2.32. The van der Waals surface area contributed by atoms with Crippen LogP contribution in [0.15, 0.2) is 29.1 Å². The number of nitrogens with one attached hydrogen (secondary N) is 2. The number of anilines is 2. The summed E-state index contributed by atoms with van der Waals surface area (Å²) >= 11 is 1.97. The number of amides is 1. The monoisotopic (exact) mass is 532 g/mol. The van der Waals surface area contributed by atoms with Crippen molar-refractivity contribution in [2.75, 3.05) is 18.5 Å². The molecule has 30 heavy (non-hydrogen) atoms. The molecule has 0 saturated heterocycles. The van der Waals surface area contributed by atoms with Gasteiger partial charge in [-0.3, -0.25) is 23.8 Å². The van der Waals surface area contributed by atoms with E-state index in [9.17, 15) is 18.8 Å². The van der Waals surface area contributed by atoms with Gasteiger partial charge < -0.3 is 15.8 Å². The Morgan fingerprint density at radius 1 is 1.30 bits per heavy atom. The van der Waals surface area contributed by atoms with E-state index in [2.05, 4.69) is 10.8 Å². The van der Waals surface area contributed by atoms with E-state index in [1.807, 2.05) is 22.6 Å². The summed E-state index contributed by atoms with van der Waals surface area (Å²) in [6.45, 7) is 2.83. The van der Waals surface area contributed by atoms with Gasteiger partial charge in [0.05, 0.1) is 11.3 Å². The largest absolute Gasteiger partial charge is 0.462 e. The number of benzene rings is 1. The van der Waals surface area contributed by atoms with Gasteiger partial charge in [-0.1, -0.05) is 0 Å². The Morgan fingerprint density at radius 3 is 2.63 bits per heavy atom. The van der Waals surface area contributed by atoms with E-state index in [1.165, 1.54) is 36.7 Å². The molecule has 0 aliphatic rings. The molecule has 1 atom stereocenters. The summed E-state index contributed by atoms with van der Waals surface area (Å²) in [5.74, 6) is -1.70. The summed E-state index contributed by atoms with van der Waals surface area (Å²) in [5, 5.41) is 2.80. The number of ether oxygens (including phenoxy) is 1. The Labute approximate surface area is 185 Å². The van der Waals surface area contributed by atoms with Crippen LogP contribution >= 0.6 is 22.6 Å². The summed E-state index contributed by atoms with van der Waals surface area (Å²) in [6, 6.07) is 5.13. The Kier molecular flexibility index (Phi) is 8.32. The fourth-order valence-corrected chi connectivity index (χ4v) is 2.88. The molecule has 0 saturated carbocycles. The van der Waals surface area contributed by atoms with Crippen molar-refractivity contribution in [1.82, 2.24) is 10.0 Å². The number of halogens is 2. The number of hydrogen-bond donors (Lipinski definition) is 3. The number of nitrogens with two attached hydrogens (primary N) is 1. The first-order chi connectivity index (χ1) is 14.1. The van der Waals surface area contributed by atoms with Crippen molar-refractivity contribution in [1.29, 1.82) is 0 Å². The molecule has 0 fully saturated rings. The average molecular weight is 532 g/mol. The minimum Gasteiger partial charge on any atom is -0.462 e. The van der Waals surface area contributed by atoms with Gasteiger partial charge in [-0.15, -0.1) is 0 Å². The number of rotatable bonds is 8. The third kappa shape index (κ3) is 6.00. The lowest BCUT2D eigenvalue weighted by molar-refractivity contribution is -0.146.